The quantitative estimate of drug-likeness (QED) is 0.394. The van der Waals surface area contributed by atoms with Crippen LogP contribution in [0.1, 0.15) is 17.2 Å². The number of piperazine rings is 1. The van der Waals surface area contributed by atoms with Crippen LogP contribution >= 0.6 is 11.6 Å². The van der Waals surface area contributed by atoms with Crippen molar-refractivity contribution in [3.05, 3.63) is 105 Å². The molecule has 1 saturated heterocycles. The number of non-ortho nitro benzene ring substituents is 1. The lowest BCUT2D eigenvalue weighted by atomic mass is 9.96. The van der Waals surface area contributed by atoms with Crippen molar-refractivity contribution in [2.45, 2.75) is 10.9 Å². The van der Waals surface area contributed by atoms with E-state index in [0.717, 1.165) is 17.2 Å². The summed E-state index contributed by atoms with van der Waals surface area (Å²) in [5.41, 5.74) is 1.97. The summed E-state index contributed by atoms with van der Waals surface area (Å²) in [5.74, 6) is 0. The van der Waals surface area contributed by atoms with Crippen LogP contribution in [-0.4, -0.2) is 48.7 Å². The molecule has 0 amide bonds. The Labute approximate surface area is 192 Å². The summed E-state index contributed by atoms with van der Waals surface area (Å²) in [4.78, 5) is 12.5. The minimum Gasteiger partial charge on any atom is -0.290 e. The maximum Gasteiger partial charge on any atom is 0.270 e. The fourth-order valence-electron chi connectivity index (χ4n) is 4.03. The summed E-state index contributed by atoms with van der Waals surface area (Å²) < 4.78 is 27.7. The van der Waals surface area contributed by atoms with Gasteiger partial charge in [0.2, 0.25) is 10.0 Å². The van der Waals surface area contributed by atoms with Crippen LogP contribution in [0.3, 0.4) is 0 Å². The molecule has 4 rings (SSSR count). The maximum absolute atomic E-state index is 13.2. The number of sulfonamides is 1. The van der Waals surface area contributed by atoms with E-state index in [1.807, 2.05) is 36.4 Å². The van der Waals surface area contributed by atoms with E-state index in [4.69, 9.17) is 11.6 Å². The van der Waals surface area contributed by atoms with Gasteiger partial charge in [-0.1, -0.05) is 72.3 Å². The van der Waals surface area contributed by atoms with E-state index in [9.17, 15) is 18.5 Å². The Morgan fingerprint density at radius 1 is 0.844 bits per heavy atom. The number of benzene rings is 3. The van der Waals surface area contributed by atoms with Crippen molar-refractivity contribution in [1.82, 2.24) is 9.21 Å². The molecule has 0 N–H and O–H groups in total. The van der Waals surface area contributed by atoms with E-state index in [-0.39, 0.29) is 34.7 Å². The molecule has 0 saturated carbocycles. The zero-order valence-electron chi connectivity index (χ0n) is 17.2. The van der Waals surface area contributed by atoms with Gasteiger partial charge in [-0.2, -0.15) is 4.31 Å². The highest BCUT2D eigenvalue weighted by molar-refractivity contribution is 7.89. The van der Waals surface area contributed by atoms with E-state index in [1.165, 1.54) is 16.4 Å². The van der Waals surface area contributed by atoms with Gasteiger partial charge >= 0.3 is 0 Å². The van der Waals surface area contributed by atoms with E-state index in [2.05, 4.69) is 29.2 Å². The van der Waals surface area contributed by atoms with Gasteiger partial charge in [-0.05, 0) is 17.2 Å². The predicted octanol–water partition coefficient (Wildman–Crippen LogP) is 4.34. The van der Waals surface area contributed by atoms with Crippen LogP contribution in [0.15, 0.2) is 83.8 Å². The Kier molecular flexibility index (Phi) is 6.57. The second kappa shape index (κ2) is 9.38. The topological polar surface area (TPSA) is 83.8 Å². The third-order valence-corrected chi connectivity index (χ3v) is 7.99. The van der Waals surface area contributed by atoms with Crippen molar-refractivity contribution in [3.63, 3.8) is 0 Å². The Bertz CT molecular complexity index is 1160. The van der Waals surface area contributed by atoms with E-state index >= 15 is 0 Å². The fraction of sp³-hybridized carbons (Fsp3) is 0.217. The Balaban J connectivity index is 1.58. The fourth-order valence-corrected chi connectivity index (χ4v) is 5.95. The molecule has 0 bridgehead atoms. The molecule has 9 heteroatoms. The SMILES string of the molecule is O=[N+]([O-])c1ccc(Cl)c(S(=O)(=O)N2CCN(C(c3ccccc3)c3ccccc3)CC2)c1. The Morgan fingerprint density at radius 3 is 1.88 bits per heavy atom. The van der Waals surface area contributed by atoms with Gasteiger partial charge in [0.05, 0.1) is 16.0 Å². The van der Waals surface area contributed by atoms with Crippen molar-refractivity contribution < 1.29 is 13.3 Å². The highest BCUT2D eigenvalue weighted by Gasteiger charge is 2.34. The van der Waals surface area contributed by atoms with E-state index in [0.29, 0.717) is 13.1 Å². The summed E-state index contributed by atoms with van der Waals surface area (Å²) in [6, 6.07) is 23.7. The second-order valence-corrected chi connectivity index (χ2v) is 9.85. The van der Waals surface area contributed by atoms with Crippen LogP contribution in [0.5, 0.6) is 0 Å². The van der Waals surface area contributed by atoms with Gasteiger partial charge in [0.25, 0.3) is 5.69 Å². The zero-order valence-corrected chi connectivity index (χ0v) is 18.7. The minimum atomic E-state index is -3.96. The van der Waals surface area contributed by atoms with Crippen molar-refractivity contribution >= 4 is 27.3 Å². The standard InChI is InChI=1S/C23H22ClN3O4S/c24-21-12-11-20(27(28)29)17-22(21)32(30,31)26-15-13-25(14-16-26)23(18-7-3-1-4-8-18)19-9-5-2-6-10-19/h1-12,17,23H,13-16H2. The van der Waals surface area contributed by atoms with Gasteiger partial charge in [-0.25, -0.2) is 8.42 Å². The number of halogens is 1. The first-order valence-electron chi connectivity index (χ1n) is 10.2. The van der Waals surface area contributed by atoms with Crippen molar-refractivity contribution in [2.75, 3.05) is 26.2 Å². The maximum atomic E-state index is 13.2. The van der Waals surface area contributed by atoms with Crippen LogP contribution in [0.25, 0.3) is 0 Å². The van der Waals surface area contributed by atoms with Crippen molar-refractivity contribution in [3.8, 4) is 0 Å². The van der Waals surface area contributed by atoms with Gasteiger partial charge in [0.1, 0.15) is 4.90 Å². The summed E-state index contributed by atoms with van der Waals surface area (Å²) in [6.07, 6.45) is 0. The molecule has 0 aromatic heterocycles. The predicted molar refractivity (Wildman–Crippen MR) is 123 cm³/mol. The number of hydrogen-bond donors (Lipinski definition) is 0. The van der Waals surface area contributed by atoms with Crippen LogP contribution in [-0.2, 0) is 10.0 Å². The first-order valence-corrected chi connectivity index (χ1v) is 12.0. The lowest BCUT2D eigenvalue weighted by Crippen LogP contribution is -2.49. The van der Waals surface area contributed by atoms with Gasteiger partial charge in [-0.15, -0.1) is 0 Å². The highest BCUT2D eigenvalue weighted by Crippen LogP contribution is 2.32. The van der Waals surface area contributed by atoms with Crippen molar-refractivity contribution in [1.29, 1.82) is 0 Å². The molecule has 1 heterocycles. The largest absolute Gasteiger partial charge is 0.290 e. The molecule has 7 nitrogen and oxygen atoms in total. The first-order chi connectivity index (χ1) is 15.4. The summed E-state index contributed by atoms with van der Waals surface area (Å²) in [7, 11) is -3.96. The molecular formula is C23H22ClN3O4S. The summed E-state index contributed by atoms with van der Waals surface area (Å²) in [5, 5.41) is 11.1. The molecule has 0 spiro atoms. The van der Waals surface area contributed by atoms with Gasteiger partial charge < -0.3 is 0 Å². The highest BCUT2D eigenvalue weighted by atomic mass is 35.5. The molecule has 0 unspecified atom stereocenters. The van der Waals surface area contributed by atoms with Crippen LogP contribution in [0.4, 0.5) is 5.69 Å². The van der Waals surface area contributed by atoms with E-state index in [1.54, 1.807) is 0 Å². The van der Waals surface area contributed by atoms with Gasteiger partial charge in [0.15, 0.2) is 0 Å². The molecule has 166 valence electrons. The molecule has 1 fully saturated rings. The molecular weight excluding hydrogens is 450 g/mol. The molecule has 32 heavy (non-hydrogen) atoms. The number of nitrogens with zero attached hydrogens (tertiary/aromatic N) is 3. The van der Waals surface area contributed by atoms with Gasteiger partial charge in [-0.3, -0.25) is 15.0 Å². The summed E-state index contributed by atoms with van der Waals surface area (Å²) in [6.45, 7) is 1.55. The molecule has 3 aromatic carbocycles. The number of hydrogen-bond acceptors (Lipinski definition) is 5. The van der Waals surface area contributed by atoms with Crippen molar-refractivity contribution in [2.24, 2.45) is 0 Å². The third-order valence-electron chi connectivity index (χ3n) is 5.61. The second-order valence-electron chi connectivity index (χ2n) is 7.54. The Hall–Kier alpha value is -2.78. The third kappa shape index (κ3) is 4.54. The monoisotopic (exact) mass is 471 g/mol. The molecule has 1 aliphatic heterocycles. The lowest BCUT2D eigenvalue weighted by molar-refractivity contribution is -0.385. The number of nitro groups is 1. The van der Waals surface area contributed by atoms with E-state index < -0.39 is 14.9 Å². The smallest absolute Gasteiger partial charge is 0.270 e. The average Bonchev–Trinajstić information content (AvgIpc) is 2.81. The molecule has 0 aliphatic carbocycles. The summed E-state index contributed by atoms with van der Waals surface area (Å²) >= 11 is 6.10. The molecule has 0 atom stereocenters. The normalized spacial score (nSPS) is 15.7. The molecule has 1 aliphatic rings. The molecule has 3 aromatic rings. The minimum absolute atomic E-state index is 0.00338. The van der Waals surface area contributed by atoms with Crippen LogP contribution < -0.4 is 0 Å². The number of rotatable bonds is 6. The molecule has 0 radical (unpaired) electrons. The lowest BCUT2D eigenvalue weighted by Gasteiger charge is -2.39. The average molecular weight is 472 g/mol. The van der Waals surface area contributed by atoms with Crippen LogP contribution in [0.2, 0.25) is 5.02 Å². The van der Waals surface area contributed by atoms with Gasteiger partial charge in [0, 0.05) is 38.3 Å². The Morgan fingerprint density at radius 2 is 1.38 bits per heavy atom. The zero-order chi connectivity index (χ0) is 22.7. The van der Waals surface area contributed by atoms with Crippen LogP contribution in [0, 0.1) is 10.1 Å². The first kappa shape index (κ1) is 22.4. The number of nitro benzene ring substituents is 1.